The molecule has 3 aromatic rings. The number of phenolic OH excluding ortho intramolecular Hbond substituents is 3. The zero-order chi connectivity index (χ0) is 22.4. The van der Waals surface area contributed by atoms with Crippen molar-refractivity contribution in [3.63, 3.8) is 0 Å². The number of hydrogen-bond acceptors (Lipinski definition) is 10. The SMILES string of the molecule is C[C@@H]1O[C@@H](Oc2c(O)cc(O)c3c(=O)cc(-c4ccc(O)cc4)oc23)[C@@H](O)[C@H](O)[C@@H]1O. The highest BCUT2D eigenvalue weighted by Gasteiger charge is 2.43. The van der Waals surface area contributed by atoms with Gasteiger partial charge >= 0.3 is 0 Å². The molecule has 1 saturated heterocycles. The lowest BCUT2D eigenvalue weighted by Crippen LogP contribution is -2.58. The average molecular weight is 432 g/mol. The third-order valence-corrected chi connectivity index (χ3v) is 5.11. The third kappa shape index (κ3) is 3.66. The molecule has 5 atom stereocenters. The predicted molar refractivity (Wildman–Crippen MR) is 106 cm³/mol. The van der Waals surface area contributed by atoms with Crippen LogP contribution in [0.15, 0.2) is 45.6 Å². The monoisotopic (exact) mass is 432 g/mol. The predicted octanol–water partition coefficient (Wildman–Crippen LogP) is 0.783. The lowest BCUT2D eigenvalue weighted by Gasteiger charge is -2.38. The topological polar surface area (TPSA) is 170 Å². The summed E-state index contributed by atoms with van der Waals surface area (Å²) in [6.45, 7) is 1.45. The molecule has 0 bridgehead atoms. The Balaban J connectivity index is 1.85. The number of hydrogen-bond donors (Lipinski definition) is 6. The van der Waals surface area contributed by atoms with E-state index in [-0.39, 0.29) is 22.5 Å². The number of ether oxygens (including phenoxy) is 2. The van der Waals surface area contributed by atoms with Crippen molar-refractivity contribution in [1.29, 1.82) is 0 Å². The molecule has 2 heterocycles. The van der Waals surface area contributed by atoms with E-state index in [4.69, 9.17) is 13.9 Å². The summed E-state index contributed by atoms with van der Waals surface area (Å²) in [6, 6.07) is 7.77. The molecule has 164 valence electrons. The second kappa shape index (κ2) is 7.75. The van der Waals surface area contributed by atoms with Gasteiger partial charge in [-0.15, -0.1) is 0 Å². The number of phenols is 3. The molecule has 0 unspecified atom stereocenters. The van der Waals surface area contributed by atoms with E-state index >= 15 is 0 Å². The largest absolute Gasteiger partial charge is 0.508 e. The van der Waals surface area contributed by atoms with Crippen molar-refractivity contribution >= 4 is 11.0 Å². The van der Waals surface area contributed by atoms with E-state index in [0.29, 0.717) is 5.56 Å². The first-order chi connectivity index (χ1) is 14.7. The highest BCUT2D eigenvalue weighted by Crippen LogP contribution is 2.42. The van der Waals surface area contributed by atoms with E-state index in [1.807, 2.05) is 0 Å². The summed E-state index contributed by atoms with van der Waals surface area (Å²) in [5.41, 5.74) is -0.538. The van der Waals surface area contributed by atoms with Crippen LogP contribution in [0.2, 0.25) is 0 Å². The second-order valence-electron chi connectivity index (χ2n) is 7.27. The molecule has 1 aliphatic rings. The van der Waals surface area contributed by atoms with Crippen LogP contribution in [0.5, 0.6) is 23.0 Å². The summed E-state index contributed by atoms with van der Waals surface area (Å²) in [4.78, 5) is 12.7. The summed E-state index contributed by atoms with van der Waals surface area (Å²) in [6.07, 6.45) is -7.05. The van der Waals surface area contributed by atoms with Crippen LogP contribution in [0.4, 0.5) is 0 Å². The van der Waals surface area contributed by atoms with Crippen LogP contribution in [0.3, 0.4) is 0 Å². The van der Waals surface area contributed by atoms with Gasteiger partial charge in [0.2, 0.25) is 12.0 Å². The Bertz CT molecular complexity index is 1170. The first-order valence-corrected chi connectivity index (χ1v) is 9.36. The maximum atomic E-state index is 12.7. The van der Waals surface area contributed by atoms with Gasteiger partial charge in [0.15, 0.2) is 16.8 Å². The van der Waals surface area contributed by atoms with Crippen molar-refractivity contribution in [1.82, 2.24) is 0 Å². The summed E-state index contributed by atoms with van der Waals surface area (Å²) < 4.78 is 16.7. The van der Waals surface area contributed by atoms with Gasteiger partial charge < -0.3 is 44.5 Å². The van der Waals surface area contributed by atoms with E-state index in [0.717, 1.165) is 12.1 Å². The van der Waals surface area contributed by atoms with E-state index < -0.39 is 53.4 Å². The van der Waals surface area contributed by atoms with Crippen LogP contribution < -0.4 is 10.2 Å². The van der Waals surface area contributed by atoms with Crippen molar-refractivity contribution in [3.8, 4) is 34.3 Å². The first-order valence-electron chi connectivity index (χ1n) is 9.36. The molecule has 10 heteroatoms. The van der Waals surface area contributed by atoms with Crippen molar-refractivity contribution < 1.29 is 44.5 Å². The Morgan fingerprint density at radius 2 is 1.58 bits per heavy atom. The molecule has 0 amide bonds. The fraction of sp³-hybridized carbons (Fsp3) is 0.286. The molecule has 0 saturated carbocycles. The van der Waals surface area contributed by atoms with Gasteiger partial charge in [-0.05, 0) is 31.2 Å². The normalized spacial score (nSPS) is 26.1. The molecule has 10 nitrogen and oxygen atoms in total. The van der Waals surface area contributed by atoms with Crippen LogP contribution in [0.25, 0.3) is 22.3 Å². The van der Waals surface area contributed by atoms with E-state index in [1.165, 1.54) is 31.2 Å². The maximum absolute atomic E-state index is 12.7. The standard InChI is InChI=1S/C21H20O10/c1-8-16(26)17(27)18(28)21(29-8)31-19-13(25)6-11(23)15-12(24)7-14(30-20(15)19)9-2-4-10(22)5-3-9/h2-8,16-18,21-23,25-28H,1H3/t8-,16+,17+,18-,21-/m0/s1. The molecule has 1 aliphatic heterocycles. The molecular formula is C21H20O10. The van der Waals surface area contributed by atoms with E-state index in [1.54, 1.807) is 0 Å². The number of fused-ring (bicyclic) bond motifs is 1. The zero-order valence-corrected chi connectivity index (χ0v) is 16.2. The van der Waals surface area contributed by atoms with Gasteiger partial charge in [-0.2, -0.15) is 0 Å². The minimum absolute atomic E-state index is 0.00416. The fourth-order valence-electron chi connectivity index (χ4n) is 3.39. The van der Waals surface area contributed by atoms with Crippen molar-refractivity contribution in [2.75, 3.05) is 0 Å². The smallest absolute Gasteiger partial charge is 0.229 e. The van der Waals surface area contributed by atoms with Gasteiger partial charge in [0.05, 0.1) is 6.10 Å². The molecule has 1 fully saturated rings. The van der Waals surface area contributed by atoms with Gasteiger partial charge in [-0.1, -0.05) is 0 Å². The molecular weight excluding hydrogens is 412 g/mol. The molecule has 2 aromatic carbocycles. The highest BCUT2D eigenvalue weighted by molar-refractivity contribution is 5.91. The van der Waals surface area contributed by atoms with Crippen LogP contribution in [-0.2, 0) is 4.74 Å². The van der Waals surface area contributed by atoms with Crippen molar-refractivity contribution in [3.05, 3.63) is 46.6 Å². The molecule has 4 rings (SSSR count). The van der Waals surface area contributed by atoms with Crippen LogP contribution >= 0.6 is 0 Å². The Kier molecular flexibility index (Phi) is 5.23. The summed E-state index contributed by atoms with van der Waals surface area (Å²) in [5.74, 6) is -1.52. The van der Waals surface area contributed by atoms with Gasteiger partial charge in [-0.25, -0.2) is 0 Å². The Hall–Kier alpha value is -3.31. The molecule has 0 radical (unpaired) electrons. The summed E-state index contributed by atoms with van der Waals surface area (Å²) >= 11 is 0. The zero-order valence-electron chi connectivity index (χ0n) is 16.2. The van der Waals surface area contributed by atoms with Gasteiger partial charge in [0.1, 0.15) is 41.0 Å². The van der Waals surface area contributed by atoms with Gasteiger partial charge in [-0.3, -0.25) is 4.79 Å². The van der Waals surface area contributed by atoms with Gasteiger partial charge in [0, 0.05) is 17.7 Å². The van der Waals surface area contributed by atoms with Crippen LogP contribution in [0, 0.1) is 0 Å². The summed E-state index contributed by atoms with van der Waals surface area (Å²) in [5, 5.41) is 59.7. The minimum atomic E-state index is -1.68. The Morgan fingerprint density at radius 3 is 2.26 bits per heavy atom. The molecule has 0 spiro atoms. The first kappa shape index (κ1) is 20.9. The number of benzene rings is 2. The number of aliphatic hydroxyl groups is 3. The van der Waals surface area contributed by atoms with Crippen LogP contribution in [0.1, 0.15) is 6.92 Å². The Labute approximate surface area is 174 Å². The van der Waals surface area contributed by atoms with Crippen molar-refractivity contribution in [2.45, 2.75) is 37.6 Å². The van der Waals surface area contributed by atoms with Crippen LogP contribution in [-0.4, -0.2) is 61.3 Å². The lowest BCUT2D eigenvalue weighted by molar-refractivity contribution is -0.268. The quantitative estimate of drug-likeness (QED) is 0.348. The third-order valence-electron chi connectivity index (χ3n) is 5.11. The number of aromatic hydroxyl groups is 3. The fourth-order valence-corrected chi connectivity index (χ4v) is 3.39. The lowest BCUT2D eigenvalue weighted by atomic mass is 10.00. The van der Waals surface area contributed by atoms with E-state index in [9.17, 15) is 35.4 Å². The summed E-state index contributed by atoms with van der Waals surface area (Å²) in [7, 11) is 0. The molecule has 6 N–H and O–H groups in total. The molecule has 1 aromatic heterocycles. The van der Waals surface area contributed by atoms with Gasteiger partial charge in [0.25, 0.3) is 0 Å². The highest BCUT2D eigenvalue weighted by atomic mass is 16.7. The van der Waals surface area contributed by atoms with E-state index in [2.05, 4.69) is 0 Å². The second-order valence-corrected chi connectivity index (χ2v) is 7.27. The molecule has 31 heavy (non-hydrogen) atoms. The number of rotatable bonds is 3. The Morgan fingerprint density at radius 1 is 0.903 bits per heavy atom. The minimum Gasteiger partial charge on any atom is -0.508 e. The van der Waals surface area contributed by atoms with Crippen molar-refractivity contribution in [2.24, 2.45) is 0 Å². The maximum Gasteiger partial charge on any atom is 0.229 e. The average Bonchev–Trinajstić information content (AvgIpc) is 2.72. The molecule has 0 aliphatic carbocycles. The number of aliphatic hydroxyl groups excluding tert-OH is 3.